The Hall–Kier alpha value is -2.78. The van der Waals surface area contributed by atoms with Crippen LogP contribution in [0.15, 0.2) is 97.2 Å². The molecule has 0 heterocycles. The first kappa shape index (κ1) is 16.1. The van der Waals surface area contributed by atoms with E-state index >= 15 is 0 Å². The predicted molar refractivity (Wildman–Crippen MR) is 102 cm³/mol. The van der Waals surface area contributed by atoms with E-state index < -0.39 is 8.32 Å². The zero-order valence-corrected chi connectivity index (χ0v) is 14.7. The molecule has 24 heavy (non-hydrogen) atoms. The second-order valence-corrected chi connectivity index (χ2v) is 8.69. The molecule has 0 aliphatic carbocycles. The van der Waals surface area contributed by atoms with E-state index in [9.17, 15) is 0 Å². The van der Waals surface area contributed by atoms with Crippen LogP contribution < -0.4 is 19.5 Å². The number of hydrogen-bond donors (Lipinski definition) is 0. The molecule has 3 aromatic rings. The van der Waals surface area contributed by atoms with Crippen molar-refractivity contribution in [3.63, 3.8) is 0 Å². The van der Waals surface area contributed by atoms with Gasteiger partial charge in [0.2, 0.25) is 0 Å². The van der Waals surface area contributed by atoms with Crippen LogP contribution in [0.1, 0.15) is 0 Å². The van der Waals surface area contributed by atoms with Gasteiger partial charge in [0.05, 0.1) is 7.11 Å². The van der Waals surface area contributed by atoms with Gasteiger partial charge in [-0.05, 0) is 34.6 Å². The van der Waals surface area contributed by atoms with Crippen molar-refractivity contribution in [2.45, 2.75) is 0 Å². The molecule has 120 valence electrons. The summed E-state index contributed by atoms with van der Waals surface area (Å²) in [6.45, 7) is 4.13. The molecule has 0 saturated heterocycles. The van der Waals surface area contributed by atoms with Crippen molar-refractivity contribution in [2.75, 3.05) is 7.11 Å². The normalized spacial score (nSPS) is 10.9. The maximum absolute atomic E-state index is 6.59. The topological polar surface area (TPSA) is 18.5 Å². The highest BCUT2D eigenvalue weighted by Crippen LogP contribution is 2.21. The third-order valence-corrected chi connectivity index (χ3v) is 7.55. The van der Waals surface area contributed by atoms with Gasteiger partial charge < -0.3 is 9.16 Å². The van der Waals surface area contributed by atoms with E-state index in [0.29, 0.717) is 0 Å². The molecule has 0 aromatic heterocycles. The number of methoxy groups -OCH3 is 1. The van der Waals surface area contributed by atoms with Crippen molar-refractivity contribution >= 4 is 18.7 Å². The molecule has 0 unspecified atom stereocenters. The van der Waals surface area contributed by atoms with E-state index in [-0.39, 0.29) is 0 Å². The van der Waals surface area contributed by atoms with Crippen LogP contribution in [-0.2, 0) is 0 Å². The monoisotopic (exact) mass is 332 g/mol. The number of hydrogen-bond acceptors (Lipinski definition) is 2. The lowest BCUT2D eigenvalue weighted by molar-refractivity contribution is 0.414. The summed E-state index contributed by atoms with van der Waals surface area (Å²) >= 11 is 0. The summed E-state index contributed by atoms with van der Waals surface area (Å²) in [7, 11) is -0.908. The molecular weight excluding hydrogens is 312 g/mol. The Bertz CT molecular complexity index is 744. The molecular formula is C21H20O2Si. The zero-order chi connectivity index (χ0) is 16.8. The van der Waals surface area contributed by atoms with Gasteiger partial charge >= 0.3 is 8.32 Å². The number of rotatable bonds is 6. The van der Waals surface area contributed by atoms with Crippen LogP contribution in [0, 0.1) is 0 Å². The highest BCUT2D eigenvalue weighted by atomic mass is 28.4. The molecule has 3 aromatic carbocycles. The fraction of sp³-hybridized carbons (Fsp3) is 0.0476. The van der Waals surface area contributed by atoms with Gasteiger partial charge in [0.25, 0.3) is 0 Å². The van der Waals surface area contributed by atoms with E-state index in [1.807, 2.05) is 66.4 Å². The molecule has 0 fully saturated rings. The van der Waals surface area contributed by atoms with Crippen LogP contribution in [0.4, 0.5) is 0 Å². The van der Waals surface area contributed by atoms with E-state index in [1.165, 1.54) is 10.4 Å². The van der Waals surface area contributed by atoms with E-state index in [4.69, 9.17) is 9.16 Å². The minimum Gasteiger partial charge on any atom is -0.531 e. The number of benzene rings is 3. The van der Waals surface area contributed by atoms with Gasteiger partial charge in [0.1, 0.15) is 11.5 Å². The molecule has 0 N–H and O–H groups in total. The molecule has 0 saturated carbocycles. The molecule has 0 aliphatic heterocycles. The zero-order valence-electron chi connectivity index (χ0n) is 13.7. The quantitative estimate of drug-likeness (QED) is 0.643. The van der Waals surface area contributed by atoms with Crippen molar-refractivity contribution in [1.29, 1.82) is 0 Å². The van der Waals surface area contributed by atoms with Crippen molar-refractivity contribution in [1.82, 2.24) is 0 Å². The largest absolute Gasteiger partial charge is 0.531 e. The minimum atomic E-state index is -2.57. The van der Waals surface area contributed by atoms with E-state index in [1.54, 1.807) is 7.11 Å². The Morgan fingerprint density at radius 2 is 1.17 bits per heavy atom. The second-order valence-electron chi connectivity index (χ2n) is 5.45. The summed E-state index contributed by atoms with van der Waals surface area (Å²) in [5, 5.41) is 2.34. The Morgan fingerprint density at radius 3 is 1.58 bits per heavy atom. The standard InChI is InChI=1S/C21H20O2Si/c1-3-24(20-10-6-4-7-11-20,21-12-8-5-9-13-21)23-19-16-14-18(22-2)15-17-19/h3-17H,1H2,2H3. The van der Waals surface area contributed by atoms with Crippen molar-refractivity contribution in [2.24, 2.45) is 0 Å². The Balaban J connectivity index is 2.09. The van der Waals surface area contributed by atoms with Crippen molar-refractivity contribution in [3.8, 4) is 11.5 Å². The predicted octanol–water partition coefficient (Wildman–Crippen LogP) is 3.56. The van der Waals surface area contributed by atoms with Crippen LogP contribution in [0.3, 0.4) is 0 Å². The summed E-state index contributed by atoms with van der Waals surface area (Å²) < 4.78 is 11.8. The van der Waals surface area contributed by atoms with Crippen LogP contribution in [0.25, 0.3) is 0 Å². The third-order valence-electron chi connectivity index (χ3n) is 4.03. The van der Waals surface area contributed by atoms with Gasteiger partial charge in [-0.25, -0.2) is 0 Å². The lowest BCUT2D eigenvalue weighted by atomic mass is 10.3. The van der Waals surface area contributed by atoms with Crippen LogP contribution in [-0.4, -0.2) is 15.4 Å². The highest BCUT2D eigenvalue weighted by Gasteiger charge is 2.38. The molecule has 0 atom stereocenters. The van der Waals surface area contributed by atoms with Crippen LogP contribution in [0.5, 0.6) is 11.5 Å². The lowest BCUT2D eigenvalue weighted by Gasteiger charge is -2.30. The van der Waals surface area contributed by atoms with Gasteiger partial charge in [-0.2, -0.15) is 0 Å². The maximum atomic E-state index is 6.59. The van der Waals surface area contributed by atoms with Gasteiger partial charge in [-0.3, -0.25) is 0 Å². The van der Waals surface area contributed by atoms with Crippen molar-refractivity contribution in [3.05, 3.63) is 97.2 Å². The second kappa shape index (κ2) is 7.19. The Kier molecular flexibility index (Phi) is 4.82. The average molecular weight is 332 g/mol. The molecule has 3 heteroatoms. The summed E-state index contributed by atoms with van der Waals surface area (Å²) in [5.41, 5.74) is 1.99. The number of ether oxygens (including phenoxy) is 1. The Labute approximate surface area is 144 Å². The fourth-order valence-electron chi connectivity index (χ4n) is 2.76. The SMILES string of the molecule is C=C[Si](Oc1ccc(OC)cc1)(c1ccccc1)c1ccccc1. The van der Waals surface area contributed by atoms with Gasteiger partial charge in [-0.1, -0.05) is 66.4 Å². The summed E-state index contributed by atoms with van der Waals surface area (Å²) in [5.74, 6) is 1.63. The molecule has 0 radical (unpaired) electrons. The molecule has 0 amide bonds. The summed E-state index contributed by atoms with van der Waals surface area (Å²) in [4.78, 5) is 0. The average Bonchev–Trinajstić information content (AvgIpc) is 2.68. The molecule has 3 rings (SSSR count). The summed E-state index contributed by atoms with van der Waals surface area (Å²) in [6, 6.07) is 28.4. The van der Waals surface area contributed by atoms with Crippen LogP contribution in [0.2, 0.25) is 0 Å². The first-order valence-electron chi connectivity index (χ1n) is 7.86. The third kappa shape index (κ3) is 3.12. The maximum Gasteiger partial charge on any atom is 0.339 e. The minimum absolute atomic E-state index is 0.813. The first-order chi connectivity index (χ1) is 11.8. The first-order valence-corrected chi connectivity index (χ1v) is 9.85. The smallest absolute Gasteiger partial charge is 0.339 e. The Morgan fingerprint density at radius 1 is 0.708 bits per heavy atom. The highest BCUT2D eigenvalue weighted by molar-refractivity contribution is 7.01. The lowest BCUT2D eigenvalue weighted by Crippen LogP contribution is -2.62. The molecule has 0 spiro atoms. The molecule has 0 bridgehead atoms. The summed E-state index contributed by atoms with van der Waals surface area (Å²) in [6.07, 6.45) is 0. The molecule has 2 nitrogen and oxygen atoms in total. The van der Waals surface area contributed by atoms with Crippen molar-refractivity contribution < 1.29 is 9.16 Å². The van der Waals surface area contributed by atoms with Gasteiger partial charge in [0, 0.05) is 0 Å². The van der Waals surface area contributed by atoms with E-state index in [0.717, 1.165) is 11.5 Å². The van der Waals surface area contributed by atoms with Gasteiger partial charge in [-0.15, -0.1) is 6.58 Å². The fourth-order valence-corrected chi connectivity index (χ4v) is 5.77. The van der Waals surface area contributed by atoms with Crippen LogP contribution >= 0.6 is 0 Å². The van der Waals surface area contributed by atoms with Gasteiger partial charge in [0.15, 0.2) is 0 Å². The van der Waals surface area contributed by atoms with E-state index in [2.05, 4.69) is 30.8 Å². The molecule has 0 aliphatic rings.